The van der Waals surface area contributed by atoms with Crippen LogP contribution < -0.4 is 15.4 Å². The van der Waals surface area contributed by atoms with Crippen molar-refractivity contribution < 1.29 is 9.53 Å². The molecule has 0 radical (unpaired) electrons. The maximum Gasteiger partial charge on any atom is 0.225 e. The molecule has 6 heteroatoms. The Balaban J connectivity index is 1.70. The van der Waals surface area contributed by atoms with Crippen LogP contribution in [0, 0.1) is 0 Å². The third kappa shape index (κ3) is 5.41. The number of anilines is 1. The fourth-order valence-corrected chi connectivity index (χ4v) is 2.62. The Labute approximate surface area is 152 Å². The summed E-state index contributed by atoms with van der Waals surface area (Å²) in [5, 5.41) is 6.79. The van der Waals surface area contributed by atoms with Gasteiger partial charge in [-0.1, -0.05) is 47.5 Å². The van der Waals surface area contributed by atoms with Crippen LogP contribution in [0.1, 0.15) is 12.0 Å². The summed E-state index contributed by atoms with van der Waals surface area (Å²) in [7, 11) is 1.66. The smallest absolute Gasteiger partial charge is 0.225 e. The van der Waals surface area contributed by atoms with Crippen LogP contribution >= 0.6 is 23.2 Å². The first-order valence-corrected chi connectivity index (χ1v) is 8.44. The molecule has 0 unspecified atom stereocenters. The number of para-hydroxylation sites is 1. The summed E-state index contributed by atoms with van der Waals surface area (Å²) in [5.41, 5.74) is 1.67. The second-order valence-electron chi connectivity index (χ2n) is 5.21. The molecule has 0 spiro atoms. The number of carbonyl (C=O) groups excluding carboxylic acids is 1. The second-order valence-corrected chi connectivity index (χ2v) is 6.00. The molecule has 2 aromatic rings. The van der Waals surface area contributed by atoms with Gasteiger partial charge in [0.2, 0.25) is 5.91 Å². The van der Waals surface area contributed by atoms with Gasteiger partial charge < -0.3 is 15.4 Å². The number of nitrogens with one attached hydrogen (secondary N) is 2. The summed E-state index contributed by atoms with van der Waals surface area (Å²) >= 11 is 12.0. The molecule has 0 aliphatic rings. The molecular formula is C18H20Cl2N2O2. The van der Waals surface area contributed by atoms with Gasteiger partial charge in [0.05, 0.1) is 22.8 Å². The Morgan fingerprint density at radius 3 is 2.67 bits per heavy atom. The molecule has 0 heterocycles. The van der Waals surface area contributed by atoms with Crippen molar-refractivity contribution in [2.75, 3.05) is 25.5 Å². The van der Waals surface area contributed by atoms with Gasteiger partial charge >= 0.3 is 0 Å². The second kappa shape index (κ2) is 9.52. The molecule has 2 N–H and O–H groups in total. The van der Waals surface area contributed by atoms with Crippen LogP contribution in [0.4, 0.5) is 5.69 Å². The molecule has 0 bridgehead atoms. The fraction of sp³-hybridized carbons (Fsp3) is 0.278. The van der Waals surface area contributed by atoms with Gasteiger partial charge in [0.15, 0.2) is 0 Å². The number of carbonyl (C=O) groups is 1. The average Bonchev–Trinajstić information content (AvgIpc) is 2.59. The van der Waals surface area contributed by atoms with Crippen molar-refractivity contribution >= 4 is 34.8 Å². The molecule has 0 saturated carbocycles. The first kappa shape index (κ1) is 18.6. The van der Waals surface area contributed by atoms with E-state index in [2.05, 4.69) is 10.6 Å². The largest absolute Gasteiger partial charge is 0.496 e. The van der Waals surface area contributed by atoms with E-state index < -0.39 is 0 Å². The first-order valence-electron chi connectivity index (χ1n) is 7.68. The molecule has 128 valence electrons. The molecule has 4 nitrogen and oxygen atoms in total. The van der Waals surface area contributed by atoms with Gasteiger partial charge in [0.1, 0.15) is 5.75 Å². The summed E-state index contributed by atoms with van der Waals surface area (Å²) < 4.78 is 5.31. The van der Waals surface area contributed by atoms with Gasteiger partial charge in [0, 0.05) is 13.0 Å². The number of halogens is 2. The Morgan fingerprint density at radius 2 is 1.88 bits per heavy atom. The third-order valence-electron chi connectivity index (χ3n) is 3.52. The van der Waals surface area contributed by atoms with Crippen LogP contribution in [0.15, 0.2) is 42.5 Å². The van der Waals surface area contributed by atoms with Crippen LogP contribution in [0.25, 0.3) is 0 Å². The standard InChI is InChI=1S/C18H20Cl2N2O2/c1-24-16-8-3-2-5-13(16)9-11-21-12-10-17(23)22-15-7-4-6-14(19)18(15)20/h2-8,21H,9-12H2,1H3,(H,22,23). The van der Waals surface area contributed by atoms with Crippen LogP contribution in [0.3, 0.4) is 0 Å². The molecule has 0 aromatic heterocycles. The van der Waals surface area contributed by atoms with Crippen LogP contribution in [-0.4, -0.2) is 26.1 Å². The Hall–Kier alpha value is -1.75. The third-order valence-corrected chi connectivity index (χ3v) is 4.34. The van der Waals surface area contributed by atoms with Gasteiger partial charge in [-0.15, -0.1) is 0 Å². The fourth-order valence-electron chi connectivity index (χ4n) is 2.27. The molecule has 0 atom stereocenters. The lowest BCUT2D eigenvalue weighted by Gasteiger charge is -2.10. The molecule has 2 aromatic carbocycles. The van der Waals surface area contributed by atoms with Crippen LogP contribution in [-0.2, 0) is 11.2 Å². The first-order chi connectivity index (χ1) is 11.6. The SMILES string of the molecule is COc1ccccc1CCNCCC(=O)Nc1cccc(Cl)c1Cl. The number of amides is 1. The highest BCUT2D eigenvalue weighted by Gasteiger charge is 2.08. The number of hydrogen-bond acceptors (Lipinski definition) is 3. The Bertz CT molecular complexity index is 692. The lowest BCUT2D eigenvalue weighted by atomic mass is 10.1. The minimum Gasteiger partial charge on any atom is -0.496 e. The van der Waals surface area contributed by atoms with Crippen LogP contribution in [0.2, 0.25) is 10.0 Å². The number of benzene rings is 2. The number of methoxy groups -OCH3 is 1. The number of ether oxygens (including phenoxy) is 1. The predicted molar refractivity (Wildman–Crippen MR) is 99.3 cm³/mol. The summed E-state index contributed by atoms with van der Waals surface area (Å²) in [6.45, 7) is 1.35. The Morgan fingerprint density at radius 1 is 1.08 bits per heavy atom. The molecular weight excluding hydrogens is 347 g/mol. The zero-order valence-electron chi connectivity index (χ0n) is 13.4. The van der Waals surface area contributed by atoms with Crippen molar-refractivity contribution in [1.82, 2.24) is 5.32 Å². The van der Waals surface area contributed by atoms with Crippen molar-refractivity contribution in [3.8, 4) is 5.75 Å². The van der Waals surface area contributed by atoms with Crippen molar-refractivity contribution in [2.45, 2.75) is 12.8 Å². The predicted octanol–water partition coefficient (Wildman–Crippen LogP) is 4.16. The van der Waals surface area contributed by atoms with Gasteiger partial charge in [-0.25, -0.2) is 0 Å². The molecule has 0 aliphatic heterocycles. The highest BCUT2D eigenvalue weighted by Crippen LogP contribution is 2.29. The minimum atomic E-state index is -0.107. The molecule has 0 fully saturated rings. The van der Waals surface area contributed by atoms with Gasteiger partial charge in [-0.3, -0.25) is 4.79 Å². The van der Waals surface area contributed by atoms with Crippen molar-refractivity contribution in [3.05, 3.63) is 58.1 Å². The molecule has 24 heavy (non-hydrogen) atoms. The molecule has 0 saturated heterocycles. The monoisotopic (exact) mass is 366 g/mol. The normalized spacial score (nSPS) is 10.5. The van der Waals surface area contributed by atoms with Crippen molar-refractivity contribution in [3.63, 3.8) is 0 Å². The summed E-state index contributed by atoms with van der Waals surface area (Å²) in [5.74, 6) is 0.775. The van der Waals surface area contributed by atoms with E-state index in [-0.39, 0.29) is 5.91 Å². The summed E-state index contributed by atoms with van der Waals surface area (Å²) in [4.78, 5) is 11.9. The minimum absolute atomic E-state index is 0.107. The van der Waals surface area contributed by atoms with Crippen molar-refractivity contribution in [2.24, 2.45) is 0 Å². The zero-order valence-corrected chi connectivity index (χ0v) is 15.0. The average molecular weight is 367 g/mol. The number of rotatable bonds is 8. The Kier molecular flexibility index (Phi) is 7.37. The lowest BCUT2D eigenvalue weighted by molar-refractivity contribution is -0.116. The van der Waals surface area contributed by atoms with E-state index in [1.54, 1.807) is 25.3 Å². The van der Waals surface area contributed by atoms with Gasteiger partial charge in [0.25, 0.3) is 0 Å². The lowest BCUT2D eigenvalue weighted by Crippen LogP contribution is -2.23. The molecule has 1 amide bonds. The topological polar surface area (TPSA) is 50.4 Å². The van der Waals surface area contributed by atoms with E-state index >= 15 is 0 Å². The summed E-state index contributed by atoms with van der Waals surface area (Å²) in [6, 6.07) is 13.1. The zero-order chi connectivity index (χ0) is 17.4. The maximum absolute atomic E-state index is 11.9. The highest BCUT2D eigenvalue weighted by molar-refractivity contribution is 6.43. The van der Waals surface area contributed by atoms with E-state index in [0.29, 0.717) is 28.7 Å². The van der Waals surface area contributed by atoms with E-state index in [4.69, 9.17) is 27.9 Å². The molecule has 0 aliphatic carbocycles. The van der Waals surface area contributed by atoms with Gasteiger partial charge in [-0.2, -0.15) is 0 Å². The van der Waals surface area contributed by atoms with E-state index in [1.807, 2.05) is 24.3 Å². The van der Waals surface area contributed by atoms with E-state index in [0.717, 1.165) is 24.3 Å². The maximum atomic E-state index is 11.9. The van der Waals surface area contributed by atoms with Crippen molar-refractivity contribution in [1.29, 1.82) is 0 Å². The summed E-state index contributed by atoms with van der Waals surface area (Å²) in [6.07, 6.45) is 1.19. The quantitative estimate of drug-likeness (QED) is 0.689. The van der Waals surface area contributed by atoms with Crippen LogP contribution in [0.5, 0.6) is 5.75 Å². The van der Waals surface area contributed by atoms with E-state index in [1.165, 1.54) is 0 Å². The molecule has 2 rings (SSSR count). The van der Waals surface area contributed by atoms with Gasteiger partial charge in [-0.05, 0) is 36.7 Å². The highest BCUT2D eigenvalue weighted by atomic mass is 35.5. The number of hydrogen-bond donors (Lipinski definition) is 2. The van der Waals surface area contributed by atoms with E-state index in [9.17, 15) is 4.79 Å².